The lowest BCUT2D eigenvalue weighted by Gasteiger charge is -2.40. The Morgan fingerprint density at radius 2 is 1.91 bits per heavy atom. The summed E-state index contributed by atoms with van der Waals surface area (Å²) < 4.78 is 53.0. The Morgan fingerprint density at radius 3 is 2.59 bits per heavy atom. The first-order chi connectivity index (χ1) is 20.8. The molecule has 0 aliphatic carbocycles. The van der Waals surface area contributed by atoms with E-state index in [4.69, 9.17) is 9.47 Å². The van der Waals surface area contributed by atoms with Crippen molar-refractivity contribution in [1.29, 1.82) is 0 Å². The Bertz CT molecular complexity index is 1720. The van der Waals surface area contributed by atoms with E-state index in [1.807, 2.05) is 4.90 Å². The molecule has 3 aromatic rings. The number of aromatic hydroxyl groups is 1. The first-order valence-electron chi connectivity index (χ1n) is 13.8. The number of carbonyl (C=O) groups excluding carboxylic acids is 1. The standard InChI is InChI=1S/C30H32F3N5O5S/c1-29(2,3)43-28(41)38-10-9-37(15-20(38)16-39)27-35-26(40)25(44-27)22(17-6-8-24-19(11-17)14-34-36-24)12-18-5-7-21(42-4)13-23(18)30(31,32)33/h5-8,11,13-14,20,39-40H,9-10,12,15-16H2,1-4H3. The third kappa shape index (κ3) is 6.65. The van der Waals surface area contributed by atoms with E-state index in [0.29, 0.717) is 38.3 Å². The van der Waals surface area contributed by atoms with Gasteiger partial charge in [-0.2, -0.15) is 28.4 Å². The van der Waals surface area contributed by atoms with Gasteiger partial charge < -0.3 is 24.6 Å². The minimum atomic E-state index is -4.65. The lowest BCUT2D eigenvalue weighted by Crippen LogP contribution is -2.57. The average molecular weight is 632 g/mol. The first kappa shape index (κ1) is 31.3. The van der Waals surface area contributed by atoms with Crippen molar-refractivity contribution in [2.45, 2.75) is 45.0 Å². The summed E-state index contributed by atoms with van der Waals surface area (Å²) in [6, 6.07) is 8.41. The van der Waals surface area contributed by atoms with Crippen LogP contribution in [0.3, 0.4) is 0 Å². The lowest BCUT2D eigenvalue weighted by atomic mass is 9.96. The maximum atomic E-state index is 14.2. The Morgan fingerprint density at radius 1 is 1.14 bits per heavy atom. The van der Waals surface area contributed by atoms with Gasteiger partial charge in [-0.3, -0.25) is 4.90 Å². The summed E-state index contributed by atoms with van der Waals surface area (Å²) in [5.74, 6) is -0.263. The summed E-state index contributed by atoms with van der Waals surface area (Å²) in [7, 11) is 1.30. The predicted octanol–water partition coefficient (Wildman–Crippen LogP) is 3.70. The van der Waals surface area contributed by atoms with E-state index in [0.717, 1.165) is 17.4 Å². The molecule has 44 heavy (non-hydrogen) atoms. The molecule has 1 saturated heterocycles. The van der Waals surface area contributed by atoms with Crippen LogP contribution in [0.25, 0.3) is 5.57 Å². The van der Waals surface area contributed by atoms with Crippen LogP contribution >= 0.6 is 11.3 Å². The highest BCUT2D eigenvalue weighted by atomic mass is 32.1. The van der Waals surface area contributed by atoms with E-state index in [9.17, 15) is 28.2 Å². The number of hydrogen-bond donors (Lipinski definition) is 2. The van der Waals surface area contributed by atoms with Crippen molar-refractivity contribution in [3.63, 3.8) is 0 Å². The van der Waals surface area contributed by atoms with Gasteiger partial charge in [0.15, 0.2) is 5.13 Å². The second-order valence-corrected chi connectivity index (χ2v) is 12.4. The zero-order valence-corrected chi connectivity index (χ0v) is 25.4. The number of thiazole rings is 1. The number of aliphatic hydroxyl groups is 1. The fourth-order valence-electron chi connectivity index (χ4n) is 5.07. The summed E-state index contributed by atoms with van der Waals surface area (Å²) in [6.07, 6.45) is -3.80. The van der Waals surface area contributed by atoms with E-state index in [1.54, 1.807) is 45.2 Å². The number of rotatable bonds is 6. The van der Waals surface area contributed by atoms with Crippen molar-refractivity contribution in [1.82, 2.24) is 9.88 Å². The van der Waals surface area contributed by atoms with Gasteiger partial charge in [-0.25, -0.2) is 4.79 Å². The van der Waals surface area contributed by atoms with Gasteiger partial charge in [0, 0.05) is 31.6 Å². The summed E-state index contributed by atoms with van der Waals surface area (Å²) >= 11 is 1.12. The molecule has 1 atom stereocenters. The van der Waals surface area contributed by atoms with Gasteiger partial charge in [0.25, 0.3) is 0 Å². The van der Waals surface area contributed by atoms with E-state index in [2.05, 4.69) is 15.2 Å². The summed E-state index contributed by atoms with van der Waals surface area (Å²) in [5, 5.41) is 30.7. The largest absolute Gasteiger partial charge is 0.497 e. The van der Waals surface area contributed by atoms with Crippen molar-refractivity contribution < 1.29 is 37.7 Å². The Labute approximate surface area is 255 Å². The molecule has 0 radical (unpaired) electrons. The van der Waals surface area contributed by atoms with Gasteiger partial charge in [0.1, 0.15) is 11.4 Å². The molecule has 1 amide bonds. The molecule has 0 saturated carbocycles. The molecule has 1 unspecified atom stereocenters. The quantitative estimate of drug-likeness (QED) is 0.426. The number of carbonyl (C=O) groups is 1. The number of aliphatic hydroxyl groups excluding tert-OH is 1. The molecule has 0 bridgehead atoms. The van der Waals surface area contributed by atoms with Gasteiger partial charge in [-0.15, -0.1) is 0 Å². The molecular formula is C30H32F3N5O5S. The van der Waals surface area contributed by atoms with E-state index in [-0.39, 0.29) is 43.3 Å². The molecule has 234 valence electrons. The number of piperazine rings is 1. The number of anilines is 1. The number of amides is 1. The van der Waals surface area contributed by atoms with Crippen LogP contribution < -0.4 is 20.2 Å². The highest BCUT2D eigenvalue weighted by molar-refractivity contribution is 7.17. The van der Waals surface area contributed by atoms with Gasteiger partial charge in [-0.1, -0.05) is 23.5 Å². The molecule has 1 fully saturated rings. The van der Waals surface area contributed by atoms with Crippen molar-refractivity contribution in [3.05, 3.63) is 68.5 Å². The zero-order chi connectivity index (χ0) is 31.8. The Kier molecular flexibility index (Phi) is 8.58. The van der Waals surface area contributed by atoms with Crippen LogP contribution in [-0.2, 0) is 17.3 Å². The number of hydrogen-bond acceptors (Lipinski definition) is 10. The molecular weight excluding hydrogens is 599 g/mol. The van der Waals surface area contributed by atoms with Gasteiger partial charge in [0.2, 0.25) is 5.88 Å². The van der Waals surface area contributed by atoms with Crippen LogP contribution in [0.2, 0.25) is 0 Å². The number of halogens is 3. The SMILES string of the molecule is COc1ccc(CC(c2sc(N3CCN(C(=O)OC(C)(C)C)C(CO)C3)nc2O)=c2ccc3c(c2)C=NN=3)c(C(F)(F)F)c1. The summed E-state index contributed by atoms with van der Waals surface area (Å²) in [6.45, 7) is 5.74. The van der Waals surface area contributed by atoms with Crippen molar-refractivity contribution in [2.75, 3.05) is 38.3 Å². The molecule has 2 aliphatic heterocycles. The highest BCUT2D eigenvalue weighted by Gasteiger charge is 2.36. The number of alkyl halides is 3. The molecule has 2 aliphatic rings. The number of benzene rings is 2. The fraction of sp³-hybridized carbons (Fsp3) is 0.400. The number of methoxy groups -OCH3 is 1. The first-order valence-corrected chi connectivity index (χ1v) is 14.6. The van der Waals surface area contributed by atoms with Crippen LogP contribution in [0.15, 0.2) is 46.6 Å². The summed E-state index contributed by atoms with van der Waals surface area (Å²) in [5.41, 5.74) is -0.438. The molecule has 3 heterocycles. The monoisotopic (exact) mass is 631 g/mol. The van der Waals surface area contributed by atoms with E-state index >= 15 is 0 Å². The van der Waals surface area contributed by atoms with Gasteiger partial charge >= 0.3 is 12.3 Å². The van der Waals surface area contributed by atoms with Crippen LogP contribution in [-0.4, -0.2) is 77.4 Å². The molecule has 2 N–H and O–H groups in total. The average Bonchev–Trinajstić information content (AvgIpc) is 3.60. The normalized spacial score (nSPS) is 17.3. The van der Waals surface area contributed by atoms with Gasteiger partial charge in [-0.05, 0) is 61.4 Å². The minimum absolute atomic E-state index is 0.00665. The number of aromatic nitrogens is 1. The fourth-order valence-corrected chi connectivity index (χ4v) is 6.13. The number of fused-ring (bicyclic) bond motifs is 1. The van der Waals surface area contributed by atoms with E-state index in [1.165, 1.54) is 24.1 Å². The highest BCUT2D eigenvalue weighted by Crippen LogP contribution is 2.40. The van der Waals surface area contributed by atoms with E-state index < -0.39 is 29.5 Å². The van der Waals surface area contributed by atoms with Crippen LogP contribution in [0.1, 0.15) is 42.3 Å². The Hall–Kier alpha value is -4.17. The minimum Gasteiger partial charge on any atom is -0.497 e. The van der Waals surface area contributed by atoms with Crippen LogP contribution in [0.5, 0.6) is 11.6 Å². The topological polar surface area (TPSA) is 120 Å². The third-order valence-electron chi connectivity index (χ3n) is 7.19. The molecule has 14 heteroatoms. The number of ether oxygens (including phenoxy) is 2. The molecule has 0 spiro atoms. The molecule has 10 nitrogen and oxygen atoms in total. The maximum Gasteiger partial charge on any atom is 0.416 e. The molecule has 5 rings (SSSR count). The Balaban J connectivity index is 1.54. The van der Waals surface area contributed by atoms with Crippen LogP contribution in [0.4, 0.5) is 23.1 Å². The second kappa shape index (κ2) is 12.1. The molecule has 1 aromatic heterocycles. The summed E-state index contributed by atoms with van der Waals surface area (Å²) in [4.78, 5) is 20.7. The van der Waals surface area contributed by atoms with Crippen molar-refractivity contribution in [3.8, 4) is 11.6 Å². The predicted molar refractivity (Wildman–Crippen MR) is 159 cm³/mol. The van der Waals surface area contributed by atoms with Crippen LogP contribution in [0, 0.1) is 0 Å². The van der Waals surface area contributed by atoms with Gasteiger partial charge in [0.05, 0.1) is 41.8 Å². The third-order valence-corrected chi connectivity index (χ3v) is 8.36. The smallest absolute Gasteiger partial charge is 0.416 e. The zero-order valence-electron chi connectivity index (χ0n) is 24.6. The van der Waals surface area contributed by atoms with Crippen molar-refractivity contribution in [2.24, 2.45) is 10.2 Å². The lowest BCUT2D eigenvalue weighted by molar-refractivity contribution is -0.138. The molecule has 2 aromatic carbocycles. The second-order valence-electron chi connectivity index (χ2n) is 11.4. The van der Waals surface area contributed by atoms with Crippen molar-refractivity contribution >= 4 is 34.3 Å². The maximum absolute atomic E-state index is 14.2. The number of nitrogens with zero attached hydrogens (tertiary/aromatic N) is 5.